The van der Waals surface area contributed by atoms with Gasteiger partial charge in [0.2, 0.25) is 0 Å². The Balaban J connectivity index is 4.19. The lowest BCUT2D eigenvalue weighted by Gasteiger charge is -2.20. The number of phosphoric ester groups is 1. The normalized spacial score (nSPS) is 13.9. The van der Waals surface area contributed by atoms with Crippen LogP contribution < -0.4 is 0 Å². The largest absolute Gasteiger partial charge is 0.472 e. The van der Waals surface area contributed by atoms with Crippen molar-refractivity contribution in [1.82, 2.24) is 0 Å². The third-order valence-electron chi connectivity index (χ3n) is 9.26. The highest BCUT2D eigenvalue weighted by molar-refractivity contribution is 7.47. The number of aliphatic hydroxyl groups is 2. The summed E-state index contributed by atoms with van der Waals surface area (Å²) in [6, 6.07) is 0. The molecule has 0 heterocycles. The fourth-order valence-corrected chi connectivity index (χ4v) is 6.78. The molecular weight excluding hydrogens is 671 g/mol. The molecule has 0 saturated heterocycles. The van der Waals surface area contributed by atoms with Crippen molar-refractivity contribution in [2.45, 2.75) is 219 Å². The molecule has 0 aromatic carbocycles. The molecule has 11 heteroatoms. The first-order chi connectivity index (χ1) is 24.7. The van der Waals surface area contributed by atoms with Gasteiger partial charge in [-0.3, -0.25) is 18.6 Å². The molecule has 0 aromatic rings. The van der Waals surface area contributed by atoms with Gasteiger partial charge in [-0.15, -0.1) is 0 Å². The number of hydrogen-bond acceptors (Lipinski definition) is 9. The standard InChI is InChI=1S/C40H79O10P/c1-3-5-7-9-11-13-15-16-17-18-19-20-21-22-24-25-27-29-31-39(43)47-35-38(36-49-51(45,46)48-34-37(42)33-41)50-40(44)32-30-28-26-23-14-12-10-8-6-4-2/h37-38,41-42H,3-36H2,1-2H3,(H,45,46)/t37-,38+/m0/s1. The van der Waals surface area contributed by atoms with E-state index in [9.17, 15) is 24.2 Å². The fourth-order valence-electron chi connectivity index (χ4n) is 5.99. The highest BCUT2D eigenvalue weighted by Crippen LogP contribution is 2.43. The van der Waals surface area contributed by atoms with Crippen LogP contribution in [0.1, 0.15) is 206 Å². The zero-order valence-corrected chi connectivity index (χ0v) is 33.7. The van der Waals surface area contributed by atoms with Crippen LogP contribution in [0.5, 0.6) is 0 Å². The highest BCUT2D eigenvalue weighted by atomic mass is 31.2. The molecule has 0 amide bonds. The number of hydrogen-bond donors (Lipinski definition) is 3. The van der Waals surface area contributed by atoms with Gasteiger partial charge in [-0.25, -0.2) is 4.57 Å². The van der Waals surface area contributed by atoms with Gasteiger partial charge in [0, 0.05) is 12.8 Å². The molecule has 3 atom stereocenters. The van der Waals surface area contributed by atoms with Gasteiger partial charge in [0.1, 0.15) is 12.7 Å². The molecule has 3 N–H and O–H groups in total. The van der Waals surface area contributed by atoms with Crippen molar-refractivity contribution < 1.29 is 47.8 Å². The lowest BCUT2D eigenvalue weighted by molar-refractivity contribution is -0.161. The molecule has 0 saturated carbocycles. The third-order valence-corrected chi connectivity index (χ3v) is 10.2. The van der Waals surface area contributed by atoms with Crippen molar-refractivity contribution in [1.29, 1.82) is 0 Å². The summed E-state index contributed by atoms with van der Waals surface area (Å²) in [5.41, 5.74) is 0. The molecule has 0 aromatic heterocycles. The van der Waals surface area contributed by atoms with Gasteiger partial charge in [-0.1, -0.05) is 181 Å². The zero-order valence-electron chi connectivity index (χ0n) is 32.8. The van der Waals surface area contributed by atoms with Crippen LogP contribution in [0.3, 0.4) is 0 Å². The maximum Gasteiger partial charge on any atom is 0.472 e. The average molecular weight is 751 g/mol. The zero-order chi connectivity index (χ0) is 37.7. The van der Waals surface area contributed by atoms with Crippen molar-refractivity contribution in [2.75, 3.05) is 26.4 Å². The molecule has 0 fully saturated rings. The highest BCUT2D eigenvalue weighted by Gasteiger charge is 2.27. The number of rotatable bonds is 40. The second-order valence-electron chi connectivity index (χ2n) is 14.4. The molecule has 0 bridgehead atoms. The Morgan fingerprint density at radius 2 is 0.843 bits per heavy atom. The monoisotopic (exact) mass is 751 g/mol. The van der Waals surface area contributed by atoms with Crippen LogP contribution in [0.25, 0.3) is 0 Å². The smallest absolute Gasteiger partial charge is 0.462 e. The summed E-state index contributed by atoms with van der Waals surface area (Å²) in [6.45, 7) is 2.39. The van der Waals surface area contributed by atoms with Gasteiger partial charge >= 0.3 is 19.8 Å². The topological polar surface area (TPSA) is 149 Å². The van der Waals surface area contributed by atoms with E-state index in [1.165, 1.54) is 135 Å². The first kappa shape index (κ1) is 50.0. The Bertz CT molecular complexity index is 827. The van der Waals surface area contributed by atoms with E-state index in [0.29, 0.717) is 12.8 Å². The van der Waals surface area contributed by atoms with E-state index in [1.54, 1.807) is 0 Å². The van der Waals surface area contributed by atoms with Gasteiger partial charge in [0.25, 0.3) is 0 Å². The van der Waals surface area contributed by atoms with Crippen LogP contribution in [-0.4, -0.2) is 65.7 Å². The maximum atomic E-state index is 12.5. The molecular formula is C40H79O10P. The van der Waals surface area contributed by atoms with E-state index in [-0.39, 0.29) is 19.4 Å². The van der Waals surface area contributed by atoms with Crippen molar-refractivity contribution in [3.63, 3.8) is 0 Å². The summed E-state index contributed by atoms with van der Waals surface area (Å²) >= 11 is 0. The minimum absolute atomic E-state index is 0.191. The van der Waals surface area contributed by atoms with Crippen LogP contribution >= 0.6 is 7.82 Å². The molecule has 51 heavy (non-hydrogen) atoms. The molecule has 0 spiro atoms. The Morgan fingerprint density at radius 3 is 1.22 bits per heavy atom. The molecule has 0 radical (unpaired) electrons. The van der Waals surface area contributed by atoms with Crippen molar-refractivity contribution in [3.05, 3.63) is 0 Å². The van der Waals surface area contributed by atoms with Gasteiger partial charge in [-0.2, -0.15) is 0 Å². The average Bonchev–Trinajstić information content (AvgIpc) is 3.12. The first-order valence-corrected chi connectivity index (χ1v) is 22.5. The maximum absolute atomic E-state index is 12.5. The SMILES string of the molecule is CCCCCCCCCCCCCCCCCCCCC(=O)OC[C@H](COP(=O)(O)OC[C@@H](O)CO)OC(=O)CCCCCCCCCCCC. The summed E-state index contributed by atoms with van der Waals surface area (Å²) in [5, 5.41) is 18.3. The number of aliphatic hydroxyl groups excluding tert-OH is 2. The van der Waals surface area contributed by atoms with Crippen molar-refractivity contribution >= 4 is 19.8 Å². The van der Waals surface area contributed by atoms with Crippen LogP contribution in [0.2, 0.25) is 0 Å². The van der Waals surface area contributed by atoms with Crippen LogP contribution in [0.15, 0.2) is 0 Å². The predicted octanol–water partition coefficient (Wildman–Crippen LogP) is 10.7. The fraction of sp³-hybridized carbons (Fsp3) is 0.950. The number of esters is 2. The molecule has 0 rings (SSSR count). The molecule has 0 aliphatic heterocycles. The van der Waals surface area contributed by atoms with Crippen LogP contribution in [0, 0.1) is 0 Å². The predicted molar refractivity (Wildman–Crippen MR) is 206 cm³/mol. The van der Waals surface area contributed by atoms with E-state index in [0.717, 1.165) is 32.1 Å². The van der Waals surface area contributed by atoms with Gasteiger partial charge in [-0.05, 0) is 12.8 Å². The molecule has 0 aliphatic rings. The number of carbonyl (C=O) groups excluding carboxylic acids is 2. The number of phosphoric acid groups is 1. The second-order valence-corrected chi connectivity index (χ2v) is 15.8. The third kappa shape index (κ3) is 37.1. The molecule has 1 unspecified atom stereocenters. The number of ether oxygens (including phenoxy) is 2. The van der Waals surface area contributed by atoms with E-state index < -0.39 is 51.8 Å². The Kier molecular flexibility index (Phi) is 36.5. The van der Waals surface area contributed by atoms with E-state index >= 15 is 0 Å². The summed E-state index contributed by atoms with van der Waals surface area (Å²) in [5.74, 6) is -0.913. The minimum atomic E-state index is -4.60. The summed E-state index contributed by atoms with van der Waals surface area (Å²) in [6.07, 6.45) is 32.2. The van der Waals surface area contributed by atoms with Crippen LogP contribution in [0.4, 0.5) is 0 Å². The molecule has 0 aliphatic carbocycles. The van der Waals surface area contributed by atoms with Crippen molar-refractivity contribution in [2.24, 2.45) is 0 Å². The Morgan fingerprint density at radius 1 is 0.510 bits per heavy atom. The lowest BCUT2D eigenvalue weighted by atomic mass is 10.0. The summed E-state index contributed by atoms with van der Waals surface area (Å²) in [4.78, 5) is 34.8. The number of unbranched alkanes of at least 4 members (excludes halogenated alkanes) is 26. The minimum Gasteiger partial charge on any atom is -0.462 e. The van der Waals surface area contributed by atoms with E-state index in [1.807, 2.05) is 0 Å². The summed E-state index contributed by atoms with van der Waals surface area (Å²) in [7, 11) is -4.60. The van der Waals surface area contributed by atoms with Gasteiger partial charge in [0.15, 0.2) is 6.10 Å². The van der Waals surface area contributed by atoms with E-state index in [2.05, 4.69) is 18.4 Å². The first-order valence-electron chi connectivity index (χ1n) is 21.0. The van der Waals surface area contributed by atoms with Gasteiger partial charge in [0.05, 0.1) is 19.8 Å². The molecule has 304 valence electrons. The summed E-state index contributed by atoms with van der Waals surface area (Å²) < 4.78 is 32.6. The quantitative estimate of drug-likeness (QED) is 0.0314. The number of carbonyl (C=O) groups is 2. The van der Waals surface area contributed by atoms with Crippen LogP contribution in [-0.2, 0) is 32.7 Å². The molecule has 10 nitrogen and oxygen atoms in total. The Hall–Kier alpha value is -1.03. The van der Waals surface area contributed by atoms with Gasteiger partial charge < -0.3 is 24.6 Å². The van der Waals surface area contributed by atoms with Crippen molar-refractivity contribution in [3.8, 4) is 0 Å². The van der Waals surface area contributed by atoms with E-state index in [4.69, 9.17) is 19.1 Å². The lowest BCUT2D eigenvalue weighted by Crippen LogP contribution is -2.29. The Labute approximate surface area is 312 Å². The second kappa shape index (κ2) is 37.3.